The van der Waals surface area contributed by atoms with E-state index in [4.69, 9.17) is 0 Å². The van der Waals surface area contributed by atoms with Gasteiger partial charge in [-0.15, -0.1) is 0 Å². The minimum atomic E-state index is 0.253. The molecule has 0 saturated carbocycles. The van der Waals surface area contributed by atoms with Crippen LogP contribution in [0.1, 0.15) is 38.2 Å². The molecule has 0 aromatic carbocycles. The lowest BCUT2D eigenvalue weighted by molar-refractivity contribution is -0.132. The average molecular weight is 263 g/mol. The van der Waals surface area contributed by atoms with Gasteiger partial charge in [-0.05, 0) is 43.9 Å². The quantitative estimate of drug-likeness (QED) is 0.797. The van der Waals surface area contributed by atoms with Crippen LogP contribution in [0.4, 0.5) is 0 Å². The summed E-state index contributed by atoms with van der Waals surface area (Å²) in [5.74, 6) is 0.253. The van der Waals surface area contributed by atoms with Crippen molar-refractivity contribution < 1.29 is 4.79 Å². The topological polar surface area (TPSA) is 37.3 Å². The molecular weight excluding hydrogens is 238 g/mol. The molecule has 0 spiro atoms. The first kappa shape index (κ1) is 14.1. The summed E-state index contributed by atoms with van der Waals surface area (Å²) in [5, 5.41) is 3.37. The van der Waals surface area contributed by atoms with Gasteiger partial charge in [0, 0.05) is 32.0 Å². The highest BCUT2D eigenvalue weighted by molar-refractivity contribution is 5.76. The molecule has 1 fully saturated rings. The summed E-state index contributed by atoms with van der Waals surface area (Å²) >= 11 is 0. The molecule has 1 amide bonds. The van der Waals surface area contributed by atoms with Gasteiger partial charge in [-0.1, -0.05) is 6.92 Å². The van der Waals surface area contributed by atoms with Crippen molar-refractivity contribution in [1.29, 1.82) is 0 Å². The van der Waals surface area contributed by atoms with E-state index in [0.29, 0.717) is 6.54 Å². The third-order valence-corrected chi connectivity index (χ3v) is 3.59. The Kier molecular flexibility index (Phi) is 5.45. The molecule has 0 unspecified atom stereocenters. The summed E-state index contributed by atoms with van der Waals surface area (Å²) in [7, 11) is 0. The first-order chi connectivity index (χ1) is 9.29. The number of likely N-dealkylation sites (tertiary alicyclic amines) is 1. The van der Waals surface area contributed by atoms with Crippen LogP contribution in [0.25, 0.3) is 0 Å². The molecule has 4 nitrogen and oxygen atoms in total. The van der Waals surface area contributed by atoms with Crippen molar-refractivity contribution in [3.63, 3.8) is 0 Å². The predicted octanol–water partition coefficient (Wildman–Crippen LogP) is 2.00. The molecule has 0 radical (unpaired) electrons. The molecule has 1 aromatic heterocycles. The maximum atomic E-state index is 12.1. The van der Waals surface area contributed by atoms with Crippen molar-refractivity contribution in [1.82, 2.24) is 14.8 Å². The van der Waals surface area contributed by atoms with Crippen LogP contribution in [0.15, 0.2) is 18.5 Å². The minimum absolute atomic E-state index is 0.253. The van der Waals surface area contributed by atoms with Gasteiger partial charge in [0.05, 0.1) is 0 Å². The second-order valence-corrected chi connectivity index (χ2v) is 5.31. The van der Waals surface area contributed by atoms with Gasteiger partial charge in [0.2, 0.25) is 5.91 Å². The molecule has 0 aliphatic carbocycles. The molecule has 2 heterocycles. The van der Waals surface area contributed by atoms with Crippen LogP contribution < -0.4 is 5.32 Å². The van der Waals surface area contributed by atoms with Crippen LogP contribution in [-0.4, -0.2) is 35.0 Å². The summed E-state index contributed by atoms with van der Waals surface area (Å²) < 4.78 is 2.00. The first-order valence-electron chi connectivity index (χ1n) is 7.42. The van der Waals surface area contributed by atoms with E-state index in [1.165, 1.54) is 12.0 Å². The van der Waals surface area contributed by atoms with Crippen molar-refractivity contribution in [2.45, 2.75) is 45.7 Å². The van der Waals surface area contributed by atoms with Crippen LogP contribution in [0.2, 0.25) is 0 Å². The van der Waals surface area contributed by atoms with Crippen molar-refractivity contribution in [2.24, 2.45) is 0 Å². The zero-order chi connectivity index (χ0) is 13.5. The number of amides is 1. The standard InChI is InChI=1S/C15H25N3O/c1-2-7-16-11-14-6-10-17(12-14)13-15(19)18-8-4-3-5-9-18/h6,10,12,16H,2-5,7-9,11,13H2,1H3. The Balaban J connectivity index is 1.80. The van der Waals surface area contributed by atoms with E-state index >= 15 is 0 Å². The molecule has 1 aliphatic heterocycles. The number of piperidine rings is 1. The van der Waals surface area contributed by atoms with Crippen molar-refractivity contribution in [2.75, 3.05) is 19.6 Å². The zero-order valence-corrected chi connectivity index (χ0v) is 11.9. The minimum Gasteiger partial charge on any atom is -0.345 e. The highest BCUT2D eigenvalue weighted by Gasteiger charge is 2.16. The third-order valence-electron chi connectivity index (χ3n) is 3.59. The van der Waals surface area contributed by atoms with Crippen LogP contribution in [0.3, 0.4) is 0 Å². The Morgan fingerprint density at radius 1 is 1.32 bits per heavy atom. The van der Waals surface area contributed by atoms with E-state index in [1.54, 1.807) is 0 Å². The van der Waals surface area contributed by atoms with Gasteiger partial charge in [-0.3, -0.25) is 4.79 Å². The van der Waals surface area contributed by atoms with Crippen molar-refractivity contribution in [3.05, 3.63) is 24.0 Å². The molecule has 106 valence electrons. The first-order valence-corrected chi connectivity index (χ1v) is 7.42. The number of hydrogen-bond acceptors (Lipinski definition) is 2. The number of hydrogen-bond donors (Lipinski definition) is 1. The highest BCUT2D eigenvalue weighted by atomic mass is 16.2. The molecule has 1 aliphatic rings. The molecule has 1 aromatic rings. The summed E-state index contributed by atoms with van der Waals surface area (Å²) in [5.41, 5.74) is 1.25. The summed E-state index contributed by atoms with van der Waals surface area (Å²) in [6, 6.07) is 2.09. The Labute approximate surface area is 115 Å². The van der Waals surface area contributed by atoms with E-state index in [0.717, 1.165) is 45.4 Å². The van der Waals surface area contributed by atoms with Gasteiger partial charge in [0.15, 0.2) is 0 Å². The molecule has 0 atom stereocenters. The largest absolute Gasteiger partial charge is 0.345 e. The van der Waals surface area contributed by atoms with Gasteiger partial charge < -0.3 is 14.8 Å². The fourth-order valence-corrected chi connectivity index (χ4v) is 2.50. The lowest BCUT2D eigenvalue weighted by Crippen LogP contribution is -2.37. The molecule has 19 heavy (non-hydrogen) atoms. The van der Waals surface area contributed by atoms with Gasteiger partial charge in [0.25, 0.3) is 0 Å². The molecular formula is C15H25N3O. The molecule has 2 rings (SSSR count). The van der Waals surface area contributed by atoms with E-state index < -0.39 is 0 Å². The summed E-state index contributed by atoms with van der Waals surface area (Å²) in [6.45, 7) is 6.44. The van der Waals surface area contributed by atoms with Gasteiger partial charge in [-0.25, -0.2) is 0 Å². The Morgan fingerprint density at radius 3 is 2.84 bits per heavy atom. The number of carbonyl (C=O) groups excluding carboxylic acids is 1. The number of nitrogens with zero attached hydrogens (tertiary/aromatic N) is 2. The Bertz CT molecular complexity index is 394. The maximum Gasteiger partial charge on any atom is 0.242 e. The van der Waals surface area contributed by atoms with Gasteiger partial charge in [-0.2, -0.15) is 0 Å². The number of aromatic nitrogens is 1. The SMILES string of the molecule is CCCNCc1ccn(CC(=O)N2CCCCC2)c1. The normalized spacial score (nSPS) is 15.7. The monoisotopic (exact) mass is 263 g/mol. The van der Waals surface area contributed by atoms with Crippen molar-refractivity contribution >= 4 is 5.91 Å². The fraction of sp³-hybridized carbons (Fsp3) is 0.667. The second-order valence-electron chi connectivity index (χ2n) is 5.31. The van der Waals surface area contributed by atoms with Crippen LogP contribution in [0, 0.1) is 0 Å². The average Bonchev–Trinajstić information content (AvgIpc) is 2.88. The van der Waals surface area contributed by atoms with Crippen LogP contribution >= 0.6 is 0 Å². The van der Waals surface area contributed by atoms with E-state index in [-0.39, 0.29) is 5.91 Å². The van der Waals surface area contributed by atoms with Gasteiger partial charge in [0.1, 0.15) is 6.54 Å². The van der Waals surface area contributed by atoms with Crippen LogP contribution in [-0.2, 0) is 17.9 Å². The third kappa shape index (κ3) is 4.39. The second kappa shape index (κ2) is 7.34. The fourth-order valence-electron chi connectivity index (χ4n) is 2.50. The Hall–Kier alpha value is -1.29. The molecule has 1 N–H and O–H groups in total. The molecule has 1 saturated heterocycles. The summed E-state index contributed by atoms with van der Waals surface area (Å²) in [6.07, 6.45) is 8.80. The highest BCUT2D eigenvalue weighted by Crippen LogP contribution is 2.10. The number of rotatable bonds is 6. The van der Waals surface area contributed by atoms with Crippen molar-refractivity contribution in [3.8, 4) is 0 Å². The molecule has 0 bridgehead atoms. The van der Waals surface area contributed by atoms with E-state index in [1.807, 2.05) is 15.7 Å². The molecule has 4 heteroatoms. The van der Waals surface area contributed by atoms with Crippen LogP contribution in [0.5, 0.6) is 0 Å². The van der Waals surface area contributed by atoms with E-state index in [9.17, 15) is 4.79 Å². The lowest BCUT2D eigenvalue weighted by atomic mass is 10.1. The van der Waals surface area contributed by atoms with E-state index in [2.05, 4.69) is 24.5 Å². The Morgan fingerprint density at radius 2 is 2.11 bits per heavy atom. The summed E-state index contributed by atoms with van der Waals surface area (Å²) in [4.78, 5) is 14.1. The number of carbonyl (C=O) groups is 1. The zero-order valence-electron chi connectivity index (χ0n) is 11.9. The smallest absolute Gasteiger partial charge is 0.242 e. The maximum absolute atomic E-state index is 12.1. The lowest BCUT2D eigenvalue weighted by Gasteiger charge is -2.26. The number of nitrogens with one attached hydrogen (secondary N) is 1. The van der Waals surface area contributed by atoms with Gasteiger partial charge >= 0.3 is 0 Å². The predicted molar refractivity (Wildman–Crippen MR) is 76.9 cm³/mol.